The maximum atomic E-state index is 13.1. The molecule has 0 radical (unpaired) electrons. The van der Waals surface area contributed by atoms with Crippen molar-refractivity contribution in [2.45, 2.75) is 50.6 Å². The van der Waals surface area contributed by atoms with Crippen LogP contribution < -0.4 is 9.80 Å². The lowest BCUT2D eigenvalue weighted by molar-refractivity contribution is -0.915. The summed E-state index contributed by atoms with van der Waals surface area (Å²) >= 11 is 0. The molecule has 0 bridgehead atoms. The number of nitriles is 1. The fourth-order valence-electron chi connectivity index (χ4n) is 4.46. The zero-order valence-electron chi connectivity index (χ0n) is 16.1. The molecule has 1 N–H and O–H groups in total. The van der Waals surface area contributed by atoms with Gasteiger partial charge in [-0.1, -0.05) is 37.5 Å². The van der Waals surface area contributed by atoms with Crippen molar-refractivity contribution in [2.75, 3.05) is 38.1 Å². The molecule has 2 fully saturated rings. The third-order valence-corrected chi connectivity index (χ3v) is 6.37. The predicted octanol–water partition coefficient (Wildman–Crippen LogP) is 1.46. The van der Waals surface area contributed by atoms with Crippen LogP contribution in [0, 0.1) is 11.3 Å². The Morgan fingerprint density at radius 1 is 1.19 bits per heavy atom. The largest absolute Gasteiger partial charge is 0.360 e. The Balaban J connectivity index is 1.60. The summed E-state index contributed by atoms with van der Waals surface area (Å²) in [5.41, 5.74) is 0.669. The van der Waals surface area contributed by atoms with Crippen LogP contribution in [0.2, 0.25) is 0 Å². The summed E-state index contributed by atoms with van der Waals surface area (Å²) in [7, 11) is 1.84. The molecule has 0 unspecified atom stereocenters. The van der Waals surface area contributed by atoms with E-state index in [2.05, 4.69) is 35.2 Å². The van der Waals surface area contributed by atoms with Crippen molar-refractivity contribution in [3.8, 4) is 6.07 Å². The Labute approximate surface area is 157 Å². The molecule has 2 aliphatic rings. The van der Waals surface area contributed by atoms with Crippen LogP contribution in [0.15, 0.2) is 30.3 Å². The molecule has 1 saturated heterocycles. The van der Waals surface area contributed by atoms with Crippen LogP contribution >= 0.6 is 0 Å². The van der Waals surface area contributed by atoms with E-state index in [-0.39, 0.29) is 11.9 Å². The van der Waals surface area contributed by atoms with Gasteiger partial charge in [-0.25, -0.2) is 0 Å². The first-order valence-electron chi connectivity index (χ1n) is 9.91. The van der Waals surface area contributed by atoms with Crippen LogP contribution in [0.4, 0.5) is 5.69 Å². The Hall–Kier alpha value is -2.06. The summed E-state index contributed by atoms with van der Waals surface area (Å²) in [6, 6.07) is 12.9. The number of hydrogen-bond donors (Lipinski definition) is 1. The molecule has 0 spiro atoms. The fraction of sp³-hybridized carbons (Fsp3) is 0.619. The second-order valence-corrected chi connectivity index (χ2v) is 7.80. The Kier molecular flexibility index (Phi) is 5.83. The van der Waals surface area contributed by atoms with E-state index in [4.69, 9.17) is 0 Å². The smallest absolute Gasteiger partial charge is 0.281 e. The lowest BCUT2D eigenvalue weighted by atomic mass is 9.81. The van der Waals surface area contributed by atoms with E-state index >= 15 is 0 Å². The zero-order valence-corrected chi connectivity index (χ0v) is 16.1. The molecule has 1 heterocycles. The molecular formula is C21H31N4O+. The average molecular weight is 356 g/mol. The Bertz CT molecular complexity index is 640. The van der Waals surface area contributed by atoms with Gasteiger partial charge in [0.25, 0.3) is 5.91 Å². The van der Waals surface area contributed by atoms with Gasteiger partial charge in [-0.15, -0.1) is 0 Å². The highest BCUT2D eigenvalue weighted by molar-refractivity contribution is 5.81. The van der Waals surface area contributed by atoms with Gasteiger partial charge in [0.15, 0.2) is 6.04 Å². The molecule has 1 atom stereocenters. The number of benzene rings is 1. The molecule has 140 valence electrons. The summed E-state index contributed by atoms with van der Waals surface area (Å²) in [4.78, 5) is 18.6. The van der Waals surface area contributed by atoms with Crippen LogP contribution in [0.5, 0.6) is 0 Å². The SMILES string of the molecule is C[C@H](C(=O)N(C)C1(C#N)CCCCC1)[NH+]1CCN(c2ccccc2)CC1. The number of para-hydroxylation sites is 1. The number of piperazine rings is 1. The van der Waals surface area contributed by atoms with Crippen molar-refractivity contribution in [1.82, 2.24) is 4.90 Å². The van der Waals surface area contributed by atoms with E-state index in [0.29, 0.717) is 0 Å². The minimum Gasteiger partial charge on any atom is -0.360 e. The Morgan fingerprint density at radius 3 is 2.38 bits per heavy atom. The molecule has 1 aliphatic carbocycles. The van der Waals surface area contributed by atoms with Crippen molar-refractivity contribution < 1.29 is 9.69 Å². The van der Waals surface area contributed by atoms with Crippen molar-refractivity contribution in [3.63, 3.8) is 0 Å². The quantitative estimate of drug-likeness (QED) is 0.890. The van der Waals surface area contributed by atoms with E-state index in [0.717, 1.165) is 51.9 Å². The second-order valence-electron chi connectivity index (χ2n) is 7.80. The number of nitrogens with one attached hydrogen (secondary N) is 1. The Morgan fingerprint density at radius 2 is 1.81 bits per heavy atom. The first-order valence-corrected chi connectivity index (χ1v) is 9.91. The summed E-state index contributed by atoms with van der Waals surface area (Å²) in [6.45, 7) is 5.86. The van der Waals surface area contributed by atoms with E-state index < -0.39 is 5.54 Å². The van der Waals surface area contributed by atoms with Gasteiger partial charge in [-0.2, -0.15) is 5.26 Å². The third kappa shape index (κ3) is 3.71. The second kappa shape index (κ2) is 8.09. The normalized spacial score (nSPS) is 21.7. The highest BCUT2D eigenvalue weighted by Gasteiger charge is 2.42. The number of nitrogens with zero attached hydrogens (tertiary/aromatic N) is 3. The molecule has 0 aromatic heterocycles. The van der Waals surface area contributed by atoms with Gasteiger partial charge < -0.3 is 14.7 Å². The van der Waals surface area contributed by atoms with Crippen LogP contribution in [0.25, 0.3) is 0 Å². The van der Waals surface area contributed by atoms with Crippen LogP contribution in [-0.4, -0.2) is 55.6 Å². The molecule has 5 heteroatoms. The van der Waals surface area contributed by atoms with Gasteiger partial charge in [0.05, 0.1) is 32.2 Å². The first kappa shape index (κ1) is 18.7. The van der Waals surface area contributed by atoms with Crippen LogP contribution in [-0.2, 0) is 4.79 Å². The topological polar surface area (TPSA) is 51.8 Å². The van der Waals surface area contributed by atoms with Crippen LogP contribution in [0.3, 0.4) is 0 Å². The van der Waals surface area contributed by atoms with Crippen molar-refractivity contribution in [1.29, 1.82) is 5.26 Å². The van der Waals surface area contributed by atoms with Crippen molar-refractivity contribution in [3.05, 3.63) is 30.3 Å². The minimum absolute atomic E-state index is 0.0925. The van der Waals surface area contributed by atoms with Gasteiger partial charge in [-0.05, 0) is 31.9 Å². The number of hydrogen-bond acceptors (Lipinski definition) is 3. The van der Waals surface area contributed by atoms with E-state index in [9.17, 15) is 10.1 Å². The number of amides is 1. The number of quaternary nitrogens is 1. The molecular weight excluding hydrogens is 324 g/mol. The number of carbonyl (C=O) groups excluding carboxylic acids is 1. The zero-order chi connectivity index (χ0) is 18.6. The van der Waals surface area contributed by atoms with Gasteiger partial charge in [0.2, 0.25) is 0 Å². The highest BCUT2D eigenvalue weighted by atomic mass is 16.2. The summed E-state index contributed by atoms with van der Waals surface area (Å²) in [5, 5.41) is 9.76. The van der Waals surface area contributed by atoms with Crippen molar-refractivity contribution in [2.24, 2.45) is 0 Å². The van der Waals surface area contributed by atoms with E-state index in [1.807, 2.05) is 20.0 Å². The molecule has 1 aromatic carbocycles. The molecule has 3 rings (SSSR count). The number of anilines is 1. The molecule has 1 saturated carbocycles. The number of carbonyl (C=O) groups is 1. The van der Waals surface area contributed by atoms with Gasteiger partial charge >= 0.3 is 0 Å². The first-order chi connectivity index (χ1) is 12.6. The van der Waals surface area contributed by atoms with E-state index in [1.165, 1.54) is 17.0 Å². The summed E-state index contributed by atoms with van der Waals surface area (Å²) in [6.07, 6.45) is 4.89. The predicted molar refractivity (Wildman–Crippen MR) is 103 cm³/mol. The molecule has 1 aromatic rings. The monoisotopic (exact) mass is 355 g/mol. The summed E-state index contributed by atoms with van der Waals surface area (Å²) < 4.78 is 0. The molecule has 5 nitrogen and oxygen atoms in total. The lowest BCUT2D eigenvalue weighted by Gasteiger charge is -2.42. The highest BCUT2D eigenvalue weighted by Crippen LogP contribution is 2.32. The fourth-order valence-corrected chi connectivity index (χ4v) is 4.46. The number of likely N-dealkylation sites (N-methyl/N-ethyl adjacent to an activating group) is 1. The minimum atomic E-state index is -0.588. The number of rotatable bonds is 4. The maximum absolute atomic E-state index is 13.1. The van der Waals surface area contributed by atoms with Gasteiger partial charge in [-0.3, -0.25) is 4.79 Å². The molecule has 26 heavy (non-hydrogen) atoms. The standard InChI is InChI=1S/C21H30N4O/c1-18(20(26)23(2)21(17-22)11-7-4-8-12-21)24-13-15-25(16-14-24)19-9-5-3-6-10-19/h3,5-6,9-10,18H,4,7-8,11-16H2,1-2H3/p+1/t18-/m1/s1. The van der Waals surface area contributed by atoms with Gasteiger partial charge in [0.1, 0.15) is 5.54 Å². The lowest BCUT2D eigenvalue weighted by Crippen LogP contribution is -3.19. The molecule has 1 amide bonds. The third-order valence-electron chi connectivity index (χ3n) is 6.37. The average Bonchev–Trinajstić information content (AvgIpc) is 2.73. The van der Waals surface area contributed by atoms with Gasteiger partial charge in [0, 0.05) is 12.7 Å². The van der Waals surface area contributed by atoms with Crippen LogP contribution in [0.1, 0.15) is 39.0 Å². The maximum Gasteiger partial charge on any atom is 0.281 e. The van der Waals surface area contributed by atoms with Crippen molar-refractivity contribution >= 4 is 11.6 Å². The molecule has 1 aliphatic heterocycles. The van der Waals surface area contributed by atoms with E-state index in [1.54, 1.807) is 4.90 Å². The summed E-state index contributed by atoms with van der Waals surface area (Å²) in [5.74, 6) is 0.122.